The number of imidazole rings is 1. The SMILES string of the molecule is CC(=O)Nc1cccc(C#Cc2c(COCC(=O)O)nc3ccccn23)c1. The zero-order chi connectivity index (χ0) is 19.2. The van der Waals surface area contributed by atoms with Gasteiger partial charge in [0.1, 0.15) is 23.6 Å². The lowest BCUT2D eigenvalue weighted by Crippen LogP contribution is -2.07. The van der Waals surface area contributed by atoms with Gasteiger partial charge in [0.2, 0.25) is 5.91 Å². The van der Waals surface area contributed by atoms with Crippen LogP contribution in [0.5, 0.6) is 0 Å². The molecule has 0 bridgehead atoms. The Bertz CT molecular complexity index is 1060. The van der Waals surface area contributed by atoms with Crippen LogP contribution in [-0.4, -0.2) is 33.0 Å². The summed E-state index contributed by atoms with van der Waals surface area (Å²) in [7, 11) is 0. The van der Waals surface area contributed by atoms with Gasteiger partial charge in [-0.25, -0.2) is 9.78 Å². The van der Waals surface area contributed by atoms with Crippen LogP contribution in [-0.2, 0) is 20.9 Å². The molecule has 2 heterocycles. The van der Waals surface area contributed by atoms with E-state index in [1.54, 1.807) is 18.2 Å². The maximum absolute atomic E-state index is 11.2. The number of amides is 1. The maximum Gasteiger partial charge on any atom is 0.329 e. The molecule has 1 amide bonds. The third-order valence-corrected chi connectivity index (χ3v) is 3.57. The van der Waals surface area contributed by atoms with Crippen LogP contribution in [0.25, 0.3) is 5.65 Å². The average Bonchev–Trinajstić information content (AvgIpc) is 2.97. The van der Waals surface area contributed by atoms with Crippen molar-refractivity contribution in [2.45, 2.75) is 13.5 Å². The molecule has 0 saturated heterocycles. The number of nitrogens with one attached hydrogen (secondary N) is 1. The Hall–Kier alpha value is -3.63. The largest absolute Gasteiger partial charge is 0.480 e. The van der Waals surface area contributed by atoms with Gasteiger partial charge in [0, 0.05) is 24.4 Å². The number of carbonyl (C=O) groups excluding carboxylic acids is 1. The van der Waals surface area contributed by atoms with Crippen molar-refractivity contribution in [3.05, 3.63) is 65.6 Å². The van der Waals surface area contributed by atoms with E-state index in [4.69, 9.17) is 9.84 Å². The van der Waals surface area contributed by atoms with E-state index < -0.39 is 12.6 Å². The Morgan fingerprint density at radius 2 is 2.07 bits per heavy atom. The van der Waals surface area contributed by atoms with Gasteiger partial charge in [0.05, 0.1) is 6.61 Å². The predicted molar refractivity (Wildman–Crippen MR) is 99.2 cm³/mol. The molecule has 136 valence electrons. The Morgan fingerprint density at radius 1 is 1.22 bits per heavy atom. The highest BCUT2D eigenvalue weighted by atomic mass is 16.5. The quantitative estimate of drug-likeness (QED) is 0.679. The molecule has 0 aliphatic heterocycles. The second kappa shape index (κ2) is 8.17. The summed E-state index contributed by atoms with van der Waals surface area (Å²) < 4.78 is 7.00. The number of rotatable bonds is 5. The first-order valence-corrected chi connectivity index (χ1v) is 8.18. The number of ether oxygens (including phenoxy) is 1. The summed E-state index contributed by atoms with van der Waals surface area (Å²) in [4.78, 5) is 26.3. The van der Waals surface area contributed by atoms with Crippen molar-refractivity contribution in [3.8, 4) is 11.8 Å². The fourth-order valence-electron chi connectivity index (χ4n) is 2.52. The molecule has 0 aliphatic carbocycles. The Balaban J connectivity index is 1.93. The van der Waals surface area contributed by atoms with Crippen LogP contribution in [0, 0.1) is 11.8 Å². The first-order chi connectivity index (χ1) is 13.0. The lowest BCUT2D eigenvalue weighted by Gasteiger charge is -2.01. The van der Waals surface area contributed by atoms with Crippen molar-refractivity contribution in [1.29, 1.82) is 0 Å². The Morgan fingerprint density at radius 3 is 2.85 bits per heavy atom. The molecular weight excluding hydrogens is 346 g/mol. The molecule has 2 N–H and O–H groups in total. The van der Waals surface area contributed by atoms with E-state index in [1.165, 1.54) is 6.92 Å². The number of fused-ring (bicyclic) bond motifs is 1. The van der Waals surface area contributed by atoms with Gasteiger partial charge in [-0.2, -0.15) is 0 Å². The van der Waals surface area contributed by atoms with Gasteiger partial charge >= 0.3 is 5.97 Å². The summed E-state index contributed by atoms with van der Waals surface area (Å²) in [6.45, 7) is 1.09. The number of benzene rings is 1. The molecule has 0 aliphatic rings. The smallest absolute Gasteiger partial charge is 0.329 e. The molecule has 0 saturated carbocycles. The summed E-state index contributed by atoms with van der Waals surface area (Å²) in [5, 5.41) is 11.5. The summed E-state index contributed by atoms with van der Waals surface area (Å²) in [5.74, 6) is 4.95. The second-order valence-electron chi connectivity index (χ2n) is 5.73. The van der Waals surface area contributed by atoms with Gasteiger partial charge in [0.15, 0.2) is 0 Å². The molecule has 7 heteroatoms. The molecule has 1 aromatic carbocycles. The number of aliphatic carboxylic acids is 1. The Kier molecular flexibility index (Phi) is 5.50. The molecule has 3 aromatic rings. The van der Waals surface area contributed by atoms with Crippen molar-refractivity contribution >= 4 is 23.2 Å². The molecule has 0 unspecified atom stereocenters. The number of hydrogen-bond donors (Lipinski definition) is 2. The van der Waals surface area contributed by atoms with Gasteiger partial charge in [-0.3, -0.25) is 9.20 Å². The van der Waals surface area contributed by atoms with Gasteiger partial charge in [-0.1, -0.05) is 18.1 Å². The van der Waals surface area contributed by atoms with Gasteiger partial charge in [0.25, 0.3) is 0 Å². The minimum Gasteiger partial charge on any atom is -0.480 e. The Labute approximate surface area is 155 Å². The number of pyridine rings is 1. The molecule has 3 rings (SSSR count). The zero-order valence-electron chi connectivity index (χ0n) is 14.6. The number of anilines is 1. The van der Waals surface area contributed by atoms with Gasteiger partial charge in [-0.15, -0.1) is 0 Å². The van der Waals surface area contributed by atoms with E-state index in [9.17, 15) is 9.59 Å². The summed E-state index contributed by atoms with van der Waals surface area (Å²) in [6.07, 6.45) is 1.83. The minimum absolute atomic E-state index is 0.0456. The zero-order valence-corrected chi connectivity index (χ0v) is 14.6. The summed E-state index contributed by atoms with van der Waals surface area (Å²) in [5.41, 5.74) is 3.28. The maximum atomic E-state index is 11.2. The van der Waals surface area contributed by atoms with Crippen molar-refractivity contribution < 1.29 is 19.4 Å². The third-order valence-electron chi connectivity index (χ3n) is 3.57. The fraction of sp³-hybridized carbons (Fsp3) is 0.150. The van der Waals surface area contributed by atoms with Gasteiger partial charge in [-0.05, 0) is 36.3 Å². The highest BCUT2D eigenvalue weighted by Gasteiger charge is 2.11. The fourth-order valence-corrected chi connectivity index (χ4v) is 2.52. The number of carboxylic acid groups (broad SMARTS) is 1. The van der Waals surface area contributed by atoms with Crippen LogP contribution < -0.4 is 5.32 Å². The normalized spacial score (nSPS) is 10.3. The number of nitrogens with zero attached hydrogens (tertiary/aromatic N) is 2. The van der Waals surface area contributed by atoms with Crippen molar-refractivity contribution in [3.63, 3.8) is 0 Å². The van der Waals surface area contributed by atoms with E-state index in [-0.39, 0.29) is 12.5 Å². The monoisotopic (exact) mass is 363 g/mol. The average molecular weight is 363 g/mol. The van der Waals surface area contributed by atoms with Crippen LogP contribution in [0.3, 0.4) is 0 Å². The van der Waals surface area contributed by atoms with Crippen LogP contribution >= 0.6 is 0 Å². The third kappa shape index (κ3) is 4.71. The van der Waals surface area contributed by atoms with E-state index >= 15 is 0 Å². The van der Waals surface area contributed by atoms with Crippen LogP contribution in [0.15, 0.2) is 48.7 Å². The molecular formula is C20H17N3O4. The number of aromatic nitrogens is 2. The van der Waals surface area contributed by atoms with E-state index in [2.05, 4.69) is 22.1 Å². The molecule has 0 fully saturated rings. The van der Waals surface area contributed by atoms with E-state index in [0.717, 1.165) is 5.56 Å². The highest BCUT2D eigenvalue weighted by molar-refractivity contribution is 5.88. The predicted octanol–water partition coefficient (Wildman–Crippen LogP) is 2.29. The van der Waals surface area contributed by atoms with Gasteiger partial charge < -0.3 is 15.2 Å². The highest BCUT2D eigenvalue weighted by Crippen LogP contribution is 2.14. The lowest BCUT2D eigenvalue weighted by molar-refractivity contribution is -0.142. The molecule has 2 aromatic heterocycles. The topological polar surface area (TPSA) is 92.9 Å². The molecule has 7 nitrogen and oxygen atoms in total. The summed E-state index contributed by atoms with van der Waals surface area (Å²) in [6, 6.07) is 12.8. The van der Waals surface area contributed by atoms with E-state index in [1.807, 2.05) is 34.9 Å². The van der Waals surface area contributed by atoms with Crippen LogP contribution in [0.2, 0.25) is 0 Å². The molecule has 0 spiro atoms. The standard InChI is InChI=1S/C20H17N3O4/c1-14(24)21-16-6-4-5-15(11-16)8-9-18-17(12-27-13-20(25)26)22-19-7-2-3-10-23(18)19/h2-7,10-11H,12-13H2,1H3,(H,21,24)(H,25,26). The first-order valence-electron chi connectivity index (χ1n) is 8.18. The van der Waals surface area contributed by atoms with Crippen LogP contribution in [0.1, 0.15) is 23.9 Å². The molecule has 0 atom stereocenters. The van der Waals surface area contributed by atoms with Crippen molar-refractivity contribution in [2.75, 3.05) is 11.9 Å². The number of carboxylic acids is 1. The van der Waals surface area contributed by atoms with Crippen molar-refractivity contribution in [1.82, 2.24) is 9.38 Å². The van der Waals surface area contributed by atoms with E-state index in [0.29, 0.717) is 22.7 Å². The van der Waals surface area contributed by atoms with Crippen molar-refractivity contribution in [2.24, 2.45) is 0 Å². The second-order valence-corrected chi connectivity index (χ2v) is 5.73. The number of hydrogen-bond acceptors (Lipinski definition) is 4. The lowest BCUT2D eigenvalue weighted by atomic mass is 10.2. The van der Waals surface area contributed by atoms with Crippen LogP contribution in [0.4, 0.5) is 5.69 Å². The first kappa shape index (κ1) is 18.2. The summed E-state index contributed by atoms with van der Waals surface area (Å²) >= 11 is 0. The molecule has 0 radical (unpaired) electrons. The molecule has 27 heavy (non-hydrogen) atoms. The number of carbonyl (C=O) groups is 2. The minimum atomic E-state index is -1.04.